The van der Waals surface area contributed by atoms with Gasteiger partial charge in [0.2, 0.25) is 11.8 Å². The fourth-order valence-electron chi connectivity index (χ4n) is 5.21. The summed E-state index contributed by atoms with van der Waals surface area (Å²) < 4.78 is 5.31. The first kappa shape index (κ1) is 19.8. The molecule has 5 rings (SSSR count). The van der Waals surface area contributed by atoms with Gasteiger partial charge in [0, 0.05) is 16.3 Å². The van der Waals surface area contributed by atoms with Gasteiger partial charge in [-0.05, 0) is 49.7 Å². The average Bonchev–Trinajstić information content (AvgIpc) is 3.23. The van der Waals surface area contributed by atoms with Crippen LogP contribution < -0.4 is 14.5 Å². The summed E-state index contributed by atoms with van der Waals surface area (Å²) in [5.74, 6) is -1.45. The van der Waals surface area contributed by atoms with Gasteiger partial charge < -0.3 is 9.64 Å². The minimum absolute atomic E-state index is 0.139. The first-order chi connectivity index (χ1) is 14.8. The number of ketones is 1. The maximum absolute atomic E-state index is 13.6. The van der Waals surface area contributed by atoms with Crippen LogP contribution in [0, 0.1) is 18.8 Å². The number of carbonyl (C=O) groups excluding carboxylic acids is 3. The molecule has 3 aliphatic heterocycles. The normalized spacial score (nSPS) is 26.1. The number of ether oxygens (including phenoxy) is 1. The molecule has 0 aliphatic carbocycles. The molecule has 4 atom stereocenters. The van der Waals surface area contributed by atoms with Crippen molar-refractivity contribution >= 4 is 46.6 Å². The quantitative estimate of drug-likeness (QED) is 0.687. The summed E-state index contributed by atoms with van der Waals surface area (Å²) in [5.41, 5.74) is 2.87. The summed E-state index contributed by atoms with van der Waals surface area (Å²) in [4.78, 5) is 43.1. The van der Waals surface area contributed by atoms with E-state index in [4.69, 9.17) is 16.3 Å². The van der Waals surface area contributed by atoms with Gasteiger partial charge in [0.25, 0.3) is 0 Å². The number of anilines is 2. The molecule has 158 valence electrons. The highest BCUT2D eigenvalue weighted by Crippen LogP contribution is 2.50. The number of rotatable bonds is 3. The van der Waals surface area contributed by atoms with E-state index in [-0.39, 0.29) is 23.6 Å². The van der Waals surface area contributed by atoms with Gasteiger partial charge in [-0.1, -0.05) is 29.8 Å². The number of halogens is 1. The Morgan fingerprint density at radius 3 is 2.52 bits per heavy atom. The molecular formula is C24H21ClN2O4. The fraction of sp³-hybridized carbons (Fsp3) is 0.292. The second-order valence-corrected chi connectivity index (χ2v) is 8.59. The van der Waals surface area contributed by atoms with Crippen molar-refractivity contribution in [1.29, 1.82) is 0 Å². The molecule has 0 aromatic heterocycles. The highest BCUT2D eigenvalue weighted by Gasteiger charge is 2.63. The van der Waals surface area contributed by atoms with E-state index in [1.165, 1.54) is 11.8 Å². The van der Waals surface area contributed by atoms with Gasteiger partial charge in [0.05, 0.1) is 30.7 Å². The molecule has 2 aromatic carbocycles. The summed E-state index contributed by atoms with van der Waals surface area (Å²) >= 11 is 6.25. The molecule has 0 spiro atoms. The van der Waals surface area contributed by atoms with Gasteiger partial charge in [-0.2, -0.15) is 0 Å². The molecule has 7 heteroatoms. The van der Waals surface area contributed by atoms with Crippen LogP contribution in [-0.4, -0.2) is 36.8 Å². The molecule has 2 amide bonds. The lowest BCUT2D eigenvalue weighted by atomic mass is 9.88. The van der Waals surface area contributed by atoms with Crippen molar-refractivity contribution in [2.45, 2.75) is 25.9 Å². The number of methoxy groups -OCH3 is 1. The third-order valence-electron chi connectivity index (χ3n) is 6.61. The second kappa shape index (κ2) is 6.95. The number of nitrogens with zero attached hydrogens (tertiary/aromatic N) is 2. The number of carbonyl (C=O) groups is 3. The Bertz CT molecular complexity index is 1170. The Morgan fingerprint density at radius 2 is 1.81 bits per heavy atom. The number of hydrogen-bond donors (Lipinski definition) is 0. The highest BCUT2D eigenvalue weighted by molar-refractivity contribution is 6.32. The first-order valence-corrected chi connectivity index (χ1v) is 10.5. The zero-order chi connectivity index (χ0) is 22.0. The van der Waals surface area contributed by atoms with Gasteiger partial charge in [0.1, 0.15) is 11.8 Å². The van der Waals surface area contributed by atoms with E-state index in [0.717, 1.165) is 11.3 Å². The third-order valence-corrected chi connectivity index (χ3v) is 7.02. The second-order valence-electron chi connectivity index (χ2n) is 8.18. The molecule has 0 N–H and O–H groups in total. The van der Waals surface area contributed by atoms with E-state index in [9.17, 15) is 14.4 Å². The Balaban J connectivity index is 1.62. The summed E-state index contributed by atoms with van der Waals surface area (Å²) in [6.07, 6.45) is 3.85. The lowest BCUT2D eigenvalue weighted by Gasteiger charge is -2.36. The number of fused-ring (bicyclic) bond motifs is 5. The third kappa shape index (κ3) is 2.67. The fourth-order valence-corrected chi connectivity index (χ4v) is 5.38. The molecule has 0 bridgehead atoms. The van der Waals surface area contributed by atoms with Crippen LogP contribution in [0.15, 0.2) is 42.5 Å². The van der Waals surface area contributed by atoms with E-state index < -0.39 is 17.9 Å². The molecule has 6 nitrogen and oxygen atoms in total. The highest BCUT2D eigenvalue weighted by atomic mass is 35.5. The predicted molar refractivity (Wildman–Crippen MR) is 118 cm³/mol. The van der Waals surface area contributed by atoms with E-state index in [0.29, 0.717) is 22.0 Å². The van der Waals surface area contributed by atoms with Gasteiger partial charge >= 0.3 is 0 Å². The van der Waals surface area contributed by atoms with Crippen molar-refractivity contribution in [2.75, 3.05) is 16.9 Å². The topological polar surface area (TPSA) is 66.9 Å². The van der Waals surface area contributed by atoms with Crippen molar-refractivity contribution in [2.24, 2.45) is 11.8 Å². The lowest BCUT2D eigenvalue weighted by Crippen LogP contribution is -2.48. The van der Waals surface area contributed by atoms with Crippen LogP contribution in [0.25, 0.3) is 6.08 Å². The van der Waals surface area contributed by atoms with Crippen LogP contribution in [-0.2, 0) is 14.4 Å². The average molecular weight is 437 g/mol. The van der Waals surface area contributed by atoms with Gasteiger partial charge in [-0.25, -0.2) is 4.90 Å². The van der Waals surface area contributed by atoms with Crippen LogP contribution in [0.2, 0.25) is 5.02 Å². The van der Waals surface area contributed by atoms with Crippen molar-refractivity contribution in [1.82, 2.24) is 0 Å². The van der Waals surface area contributed by atoms with Crippen LogP contribution in [0.4, 0.5) is 11.4 Å². The zero-order valence-corrected chi connectivity index (χ0v) is 18.1. The SMILES string of the molecule is COc1ccc2c(c1)C=C[C@H]1[C@H]3C(=O)N(c4cccc(Cl)c4C)C(=O)[C@H]3[C@@H](C(C)=O)N21. The molecule has 0 unspecified atom stereocenters. The van der Waals surface area contributed by atoms with Crippen molar-refractivity contribution in [3.63, 3.8) is 0 Å². The van der Waals surface area contributed by atoms with Crippen molar-refractivity contribution in [3.05, 3.63) is 58.6 Å². The minimum atomic E-state index is -0.744. The Kier molecular flexibility index (Phi) is 4.45. The van der Waals surface area contributed by atoms with Gasteiger partial charge in [-0.3, -0.25) is 14.4 Å². The summed E-state index contributed by atoms with van der Waals surface area (Å²) in [6.45, 7) is 3.27. The molecular weight excluding hydrogens is 416 g/mol. The predicted octanol–water partition coefficient (Wildman–Crippen LogP) is 3.64. The molecule has 0 radical (unpaired) electrons. The van der Waals surface area contributed by atoms with Crippen LogP contribution >= 0.6 is 11.6 Å². The first-order valence-electron chi connectivity index (χ1n) is 10.1. The van der Waals surface area contributed by atoms with Crippen molar-refractivity contribution in [3.8, 4) is 5.75 Å². The van der Waals surface area contributed by atoms with Gasteiger partial charge in [0.15, 0.2) is 5.78 Å². The van der Waals surface area contributed by atoms with E-state index in [2.05, 4.69) is 0 Å². The summed E-state index contributed by atoms with van der Waals surface area (Å²) in [5, 5.41) is 0.486. The molecule has 3 heterocycles. The smallest absolute Gasteiger partial charge is 0.240 e. The number of amides is 2. The largest absolute Gasteiger partial charge is 0.497 e. The molecule has 2 aromatic rings. The number of imide groups is 1. The Hall–Kier alpha value is -3.12. The molecule has 31 heavy (non-hydrogen) atoms. The Labute approximate surface area is 185 Å². The maximum atomic E-state index is 13.6. The maximum Gasteiger partial charge on any atom is 0.240 e. The molecule has 2 fully saturated rings. The molecule has 0 saturated carbocycles. The van der Waals surface area contributed by atoms with Crippen LogP contribution in [0.5, 0.6) is 5.75 Å². The van der Waals surface area contributed by atoms with E-state index in [1.54, 1.807) is 32.2 Å². The Morgan fingerprint density at radius 1 is 1.06 bits per heavy atom. The summed E-state index contributed by atoms with van der Waals surface area (Å²) in [7, 11) is 1.60. The van der Waals surface area contributed by atoms with Gasteiger partial charge in [-0.15, -0.1) is 0 Å². The van der Waals surface area contributed by atoms with E-state index in [1.807, 2.05) is 35.3 Å². The van der Waals surface area contributed by atoms with Crippen molar-refractivity contribution < 1.29 is 19.1 Å². The molecule has 2 saturated heterocycles. The molecule has 3 aliphatic rings. The monoisotopic (exact) mass is 436 g/mol. The standard InChI is InChI=1S/C24H21ClN2O4/c1-12-16(25)5-4-6-17(12)27-23(29)20-19-9-7-14-11-15(31-3)8-10-18(14)26(19)22(13(2)28)21(20)24(27)30/h4-11,19-22H,1-3H3/t19-,20+,21+,22+/m0/s1. The zero-order valence-electron chi connectivity index (χ0n) is 17.3. The minimum Gasteiger partial charge on any atom is -0.497 e. The lowest BCUT2D eigenvalue weighted by molar-refractivity contribution is -0.126. The number of Topliss-reactive ketones (excluding diaryl/α,β-unsaturated/α-hetero) is 1. The number of benzene rings is 2. The van der Waals surface area contributed by atoms with Crippen LogP contribution in [0.1, 0.15) is 18.1 Å². The summed E-state index contributed by atoms with van der Waals surface area (Å²) in [6, 6.07) is 9.67. The van der Waals surface area contributed by atoms with E-state index >= 15 is 0 Å². The number of hydrogen-bond acceptors (Lipinski definition) is 5. The van der Waals surface area contributed by atoms with Crippen LogP contribution in [0.3, 0.4) is 0 Å².